The summed E-state index contributed by atoms with van der Waals surface area (Å²) in [5.41, 5.74) is 1.93. The van der Waals surface area contributed by atoms with Crippen LogP contribution < -0.4 is 5.32 Å². The second kappa shape index (κ2) is 6.76. The number of aliphatic hydroxyl groups excluding tert-OH is 1. The third-order valence-electron chi connectivity index (χ3n) is 3.19. The van der Waals surface area contributed by atoms with Crippen molar-refractivity contribution in [3.05, 3.63) is 70.7 Å². The molecule has 0 aliphatic carbocycles. The summed E-state index contributed by atoms with van der Waals surface area (Å²) in [6, 6.07) is 12.5. The molecular weight excluding hydrogens is 360 g/mol. The molecule has 0 atom stereocenters. The van der Waals surface area contributed by atoms with E-state index in [1.165, 1.54) is 6.20 Å². The minimum atomic E-state index is -0.244. The second-order valence-corrected chi connectivity index (χ2v) is 5.77. The standard InChI is InChI=1S/C17H13BrN2O3/c18-13-6-12(8-19-9-13)17(22)20-14-3-1-2-11(7-14)16-5-4-15(10-21)23-16/h1-9,21H,10H2,(H,20,22). The molecule has 0 spiro atoms. The maximum absolute atomic E-state index is 12.2. The number of pyridine rings is 1. The Bertz CT molecular complexity index is 845. The highest BCUT2D eigenvalue weighted by atomic mass is 79.9. The van der Waals surface area contributed by atoms with E-state index >= 15 is 0 Å². The van der Waals surface area contributed by atoms with Gasteiger partial charge in [-0.2, -0.15) is 0 Å². The highest BCUT2D eigenvalue weighted by Crippen LogP contribution is 2.25. The fraction of sp³-hybridized carbons (Fsp3) is 0.0588. The summed E-state index contributed by atoms with van der Waals surface area (Å²) in [6.07, 6.45) is 3.12. The summed E-state index contributed by atoms with van der Waals surface area (Å²) >= 11 is 3.29. The van der Waals surface area contributed by atoms with Crippen molar-refractivity contribution in [2.24, 2.45) is 0 Å². The normalized spacial score (nSPS) is 10.5. The van der Waals surface area contributed by atoms with Gasteiger partial charge in [0.05, 0.1) is 5.56 Å². The Morgan fingerprint density at radius 1 is 1.22 bits per heavy atom. The molecule has 3 aromatic rings. The van der Waals surface area contributed by atoms with Crippen molar-refractivity contribution in [3.8, 4) is 11.3 Å². The van der Waals surface area contributed by atoms with Crippen LogP contribution in [0, 0.1) is 0 Å². The third-order valence-corrected chi connectivity index (χ3v) is 3.62. The summed E-state index contributed by atoms with van der Waals surface area (Å²) in [7, 11) is 0. The van der Waals surface area contributed by atoms with Crippen LogP contribution in [0.25, 0.3) is 11.3 Å². The molecule has 23 heavy (non-hydrogen) atoms. The number of aliphatic hydroxyl groups is 1. The van der Waals surface area contributed by atoms with Gasteiger partial charge in [-0.15, -0.1) is 0 Å². The van der Waals surface area contributed by atoms with E-state index in [1.807, 2.05) is 18.2 Å². The Kier molecular flexibility index (Phi) is 4.55. The molecule has 0 saturated heterocycles. The van der Waals surface area contributed by atoms with Gasteiger partial charge in [-0.25, -0.2) is 0 Å². The predicted octanol–water partition coefficient (Wildman–Crippen LogP) is 3.85. The fourth-order valence-corrected chi connectivity index (χ4v) is 2.47. The molecule has 1 aromatic carbocycles. The van der Waals surface area contributed by atoms with Gasteiger partial charge in [-0.05, 0) is 46.3 Å². The molecule has 116 valence electrons. The minimum Gasteiger partial charge on any atom is -0.459 e. The first-order chi connectivity index (χ1) is 11.2. The van der Waals surface area contributed by atoms with Crippen molar-refractivity contribution in [3.63, 3.8) is 0 Å². The van der Waals surface area contributed by atoms with Crippen molar-refractivity contribution in [2.75, 3.05) is 5.32 Å². The number of rotatable bonds is 4. The van der Waals surface area contributed by atoms with Crippen molar-refractivity contribution in [1.29, 1.82) is 0 Å². The molecule has 3 rings (SSSR count). The number of amides is 1. The highest BCUT2D eigenvalue weighted by molar-refractivity contribution is 9.10. The van der Waals surface area contributed by atoms with Crippen molar-refractivity contribution >= 4 is 27.5 Å². The molecule has 6 heteroatoms. The minimum absolute atomic E-state index is 0.147. The van der Waals surface area contributed by atoms with Crippen LogP contribution in [-0.2, 0) is 6.61 Å². The summed E-state index contributed by atoms with van der Waals surface area (Å²) in [4.78, 5) is 16.2. The first-order valence-corrected chi connectivity index (χ1v) is 7.67. The largest absolute Gasteiger partial charge is 0.459 e. The number of nitrogens with zero attached hydrogens (tertiary/aromatic N) is 1. The van der Waals surface area contributed by atoms with Crippen LogP contribution in [0.3, 0.4) is 0 Å². The number of carbonyl (C=O) groups is 1. The van der Waals surface area contributed by atoms with Crippen molar-refractivity contribution in [2.45, 2.75) is 6.61 Å². The second-order valence-electron chi connectivity index (χ2n) is 4.85. The Labute approximate surface area is 141 Å². The van der Waals surface area contributed by atoms with E-state index in [-0.39, 0.29) is 12.5 Å². The van der Waals surface area contributed by atoms with Gasteiger partial charge < -0.3 is 14.8 Å². The van der Waals surface area contributed by atoms with E-state index in [4.69, 9.17) is 9.52 Å². The summed E-state index contributed by atoms with van der Waals surface area (Å²) < 4.78 is 6.24. The van der Waals surface area contributed by atoms with Crippen LogP contribution in [0.15, 0.2) is 63.7 Å². The van der Waals surface area contributed by atoms with E-state index in [9.17, 15) is 4.79 Å². The van der Waals surface area contributed by atoms with Crippen LogP contribution in [0.1, 0.15) is 16.1 Å². The molecule has 2 N–H and O–H groups in total. The lowest BCUT2D eigenvalue weighted by molar-refractivity contribution is 0.102. The molecule has 0 radical (unpaired) electrons. The van der Waals surface area contributed by atoms with Crippen LogP contribution in [-0.4, -0.2) is 16.0 Å². The van der Waals surface area contributed by atoms with Gasteiger partial charge in [-0.1, -0.05) is 12.1 Å². The number of halogens is 1. The SMILES string of the molecule is O=C(Nc1cccc(-c2ccc(CO)o2)c1)c1cncc(Br)c1. The lowest BCUT2D eigenvalue weighted by atomic mass is 10.1. The van der Waals surface area contributed by atoms with Crippen LogP contribution in [0.4, 0.5) is 5.69 Å². The topological polar surface area (TPSA) is 75.4 Å². The zero-order valence-electron chi connectivity index (χ0n) is 12.0. The summed E-state index contributed by atoms with van der Waals surface area (Å²) in [5, 5.41) is 11.9. The Morgan fingerprint density at radius 2 is 2.09 bits per heavy atom. The molecule has 0 unspecified atom stereocenters. The van der Waals surface area contributed by atoms with Crippen LogP contribution >= 0.6 is 15.9 Å². The van der Waals surface area contributed by atoms with E-state index in [0.717, 1.165) is 10.0 Å². The molecule has 2 heterocycles. The summed E-state index contributed by atoms with van der Waals surface area (Å²) in [6.45, 7) is -0.147. The smallest absolute Gasteiger partial charge is 0.257 e. The van der Waals surface area contributed by atoms with Gasteiger partial charge in [0, 0.05) is 28.1 Å². The zero-order chi connectivity index (χ0) is 16.2. The number of benzene rings is 1. The summed E-state index contributed by atoms with van der Waals surface area (Å²) in [5.74, 6) is 0.885. The van der Waals surface area contributed by atoms with E-state index < -0.39 is 0 Å². The number of nitrogens with one attached hydrogen (secondary N) is 1. The molecule has 0 fully saturated rings. The Hall–Kier alpha value is -2.44. The van der Waals surface area contributed by atoms with E-state index in [0.29, 0.717) is 22.8 Å². The average molecular weight is 373 g/mol. The van der Waals surface area contributed by atoms with Gasteiger partial charge in [0.25, 0.3) is 5.91 Å². The molecule has 0 aliphatic heterocycles. The van der Waals surface area contributed by atoms with Gasteiger partial charge >= 0.3 is 0 Å². The van der Waals surface area contributed by atoms with E-state index in [2.05, 4.69) is 26.2 Å². The number of furan rings is 1. The monoisotopic (exact) mass is 372 g/mol. The molecule has 5 nitrogen and oxygen atoms in total. The first-order valence-electron chi connectivity index (χ1n) is 6.87. The van der Waals surface area contributed by atoms with Crippen molar-refractivity contribution in [1.82, 2.24) is 4.98 Å². The first kappa shape index (κ1) is 15.5. The van der Waals surface area contributed by atoms with Crippen LogP contribution in [0.2, 0.25) is 0 Å². The number of hydrogen-bond acceptors (Lipinski definition) is 4. The van der Waals surface area contributed by atoms with Gasteiger partial charge in [0.15, 0.2) is 0 Å². The fourth-order valence-electron chi connectivity index (χ4n) is 2.11. The van der Waals surface area contributed by atoms with E-state index in [1.54, 1.807) is 30.5 Å². The molecule has 0 bridgehead atoms. The lowest BCUT2D eigenvalue weighted by Gasteiger charge is -2.07. The lowest BCUT2D eigenvalue weighted by Crippen LogP contribution is -2.12. The molecule has 1 amide bonds. The number of carbonyl (C=O) groups excluding carboxylic acids is 1. The number of hydrogen-bond donors (Lipinski definition) is 2. The zero-order valence-corrected chi connectivity index (χ0v) is 13.6. The maximum Gasteiger partial charge on any atom is 0.257 e. The molecular formula is C17H13BrN2O3. The van der Waals surface area contributed by atoms with Crippen LogP contribution in [0.5, 0.6) is 0 Å². The predicted molar refractivity (Wildman–Crippen MR) is 90.0 cm³/mol. The highest BCUT2D eigenvalue weighted by Gasteiger charge is 2.09. The number of anilines is 1. The van der Waals surface area contributed by atoms with Gasteiger partial charge in [0.2, 0.25) is 0 Å². The molecule has 0 saturated carbocycles. The molecule has 0 aliphatic rings. The van der Waals surface area contributed by atoms with Crippen molar-refractivity contribution < 1.29 is 14.3 Å². The maximum atomic E-state index is 12.2. The Morgan fingerprint density at radius 3 is 2.83 bits per heavy atom. The average Bonchev–Trinajstić information content (AvgIpc) is 3.04. The molecule has 2 aromatic heterocycles. The Balaban J connectivity index is 1.81. The van der Waals surface area contributed by atoms with Gasteiger partial charge in [-0.3, -0.25) is 9.78 Å². The third kappa shape index (κ3) is 3.67. The number of aromatic nitrogens is 1. The quantitative estimate of drug-likeness (QED) is 0.729. The van der Waals surface area contributed by atoms with Gasteiger partial charge in [0.1, 0.15) is 18.1 Å².